The summed E-state index contributed by atoms with van der Waals surface area (Å²) < 4.78 is 13.9. The normalized spacial score (nSPS) is 15.1. The molecule has 0 radical (unpaired) electrons. The van der Waals surface area contributed by atoms with E-state index in [-0.39, 0.29) is 0 Å². The van der Waals surface area contributed by atoms with Gasteiger partial charge in [-0.25, -0.2) is 14.5 Å². The first-order valence-electron chi connectivity index (χ1n) is 9.69. The summed E-state index contributed by atoms with van der Waals surface area (Å²) >= 11 is 0. The highest BCUT2D eigenvalue weighted by molar-refractivity contribution is 5.88. The van der Waals surface area contributed by atoms with Crippen LogP contribution < -0.4 is 4.74 Å². The van der Waals surface area contributed by atoms with Gasteiger partial charge >= 0.3 is 5.97 Å². The van der Waals surface area contributed by atoms with E-state index >= 15 is 0 Å². The van der Waals surface area contributed by atoms with Crippen molar-refractivity contribution in [3.8, 4) is 11.8 Å². The first-order valence-corrected chi connectivity index (χ1v) is 9.69. The van der Waals surface area contributed by atoms with Crippen molar-refractivity contribution in [2.75, 3.05) is 13.7 Å². The molecular weight excluding hydrogens is 360 g/mol. The molecule has 1 fully saturated rings. The molecule has 0 aromatic carbocycles. The second kappa shape index (κ2) is 7.95. The Balaban J connectivity index is 1.65. The summed E-state index contributed by atoms with van der Waals surface area (Å²) in [5.74, 6) is 0.959. The Kier molecular flexibility index (Phi) is 5.23. The van der Waals surface area contributed by atoms with Crippen LogP contribution in [0.25, 0.3) is 17.0 Å². The number of hydrogen-bond donors (Lipinski definition) is 0. The number of hydrogen-bond acceptors (Lipinski definition) is 7. The van der Waals surface area contributed by atoms with Crippen LogP contribution in [-0.4, -0.2) is 49.2 Å². The summed E-state index contributed by atoms with van der Waals surface area (Å²) in [6, 6.07) is 0. The SMILES string of the molecule is CCOC(=O)c1cnn(-c2nc(OC)c3c(cnn3CC3CCCCC3)n2)c1. The van der Waals surface area contributed by atoms with Gasteiger partial charge in [0.1, 0.15) is 11.0 Å². The minimum atomic E-state index is -0.429. The molecule has 0 saturated heterocycles. The summed E-state index contributed by atoms with van der Waals surface area (Å²) in [7, 11) is 1.58. The van der Waals surface area contributed by atoms with Gasteiger partial charge in [-0.3, -0.25) is 4.68 Å². The fraction of sp³-hybridized carbons (Fsp3) is 0.526. The molecule has 1 aliphatic carbocycles. The van der Waals surface area contributed by atoms with Gasteiger partial charge in [-0.05, 0) is 25.7 Å². The zero-order valence-electron chi connectivity index (χ0n) is 16.2. The highest BCUT2D eigenvalue weighted by atomic mass is 16.5. The minimum Gasteiger partial charge on any atom is -0.479 e. The quantitative estimate of drug-likeness (QED) is 0.603. The number of esters is 1. The molecule has 3 aromatic heterocycles. The molecule has 148 valence electrons. The first-order chi connectivity index (χ1) is 13.7. The summed E-state index contributed by atoms with van der Waals surface area (Å²) in [4.78, 5) is 20.9. The van der Waals surface area contributed by atoms with E-state index in [4.69, 9.17) is 9.47 Å². The van der Waals surface area contributed by atoms with Crippen molar-refractivity contribution in [3.63, 3.8) is 0 Å². The number of rotatable bonds is 6. The minimum absolute atomic E-state index is 0.306. The lowest BCUT2D eigenvalue weighted by atomic mass is 9.89. The number of nitrogens with zero attached hydrogens (tertiary/aromatic N) is 6. The number of fused-ring (bicyclic) bond motifs is 1. The van der Waals surface area contributed by atoms with Crippen molar-refractivity contribution < 1.29 is 14.3 Å². The van der Waals surface area contributed by atoms with Crippen molar-refractivity contribution in [1.82, 2.24) is 29.5 Å². The Morgan fingerprint density at radius 3 is 2.75 bits per heavy atom. The Morgan fingerprint density at radius 1 is 1.18 bits per heavy atom. The van der Waals surface area contributed by atoms with E-state index in [1.807, 2.05) is 4.68 Å². The van der Waals surface area contributed by atoms with Crippen LogP contribution in [0.1, 0.15) is 49.4 Å². The topological polar surface area (TPSA) is 97.0 Å². The van der Waals surface area contributed by atoms with Gasteiger partial charge in [0.05, 0.1) is 31.7 Å². The Morgan fingerprint density at radius 2 is 2.00 bits per heavy atom. The van der Waals surface area contributed by atoms with Crippen molar-refractivity contribution in [2.45, 2.75) is 45.6 Å². The molecule has 0 unspecified atom stereocenters. The Bertz CT molecular complexity index is 973. The molecule has 0 atom stereocenters. The smallest absolute Gasteiger partial charge is 0.341 e. The molecule has 4 rings (SSSR count). The third-order valence-electron chi connectivity index (χ3n) is 5.09. The largest absolute Gasteiger partial charge is 0.479 e. The van der Waals surface area contributed by atoms with Gasteiger partial charge in [0, 0.05) is 12.7 Å². The van der Waals surface area contributed by atoms with E-state index in [0.29, 0.717) is 35.4 Å². The number of methoxy groups -OCH3 is 1. The predicted molar refractivity (Wildman–Crippen MR) is 102 cm³/mol. The number of carbonyl (C=O) groups is 1. The van der Waals surface area contributed by atoms with E-state index < -0.39 is 5.97 Å². The lowest BCUT2D eigenvalue weighted by molar-refractivity contribution is 0.0526. The average molecular weight is 384 g/mol. The average Bonchev–Trinajstić information content (AvgIpc) is 3.36. The summed E-state index contributed by atoms with van der Waals surface area (Å²) in [5.41, 5.74) is 1.82. The van der Waals surface area contributed by atoms with Crippen LogP contribution in [0.4, 0.5) is 0 Å². The lowest BCUT2D eigenvalue weighted by Crippen LogP contribution is -2.15. The van der Waals surface area contributed by atoms with Crippen LogP contribution >= 0.6 is 0 Å². The second-order valence-electron chi connectivity index (χ2n) is 6.99. The maximum Gasteiger partial charge on any atom is 0.341 e. The van der Waals surface area contributed by atoms with Crippen LogP contribution in [0.15, 0.2) is 18.6 Å². The monoisotopic (exact) mass is 384 g/mol. The van der Waals surface area contributed by atoms with Gasteiger partial charge in [0.25, 0.3) is 5.95 Å². The van der Waals surface area contributed by atoms with Crippen LogP contribution in [-0.2, 0) is 11.3 Å². The summed E-state index contributed by atoms with van der Waals surface area (Å²) in [6.45, 7) is 2.91. The van der Waals surface area contributed by atoms with Gasteiger partial charge < -0.3 is 9.47 Å². The Labute approximate surface area is 162 Å². The molecule has 1 saturated carbocycles. The molecule has 1 aliphatic rings. The van der Waals surface area contributed by atoms with Gasteiger partial charge in [0.2, 0.25) is 5.88 Å². The van der Waals surface area contributed by atoms with E-state index in [0.717, 1.165) is 12.1 Å². The highest BCUT2D eigenvalue weighted by Crippen LogP contribution is 2.28. The number of ether oxygens (including phenoxy) is 2. The molecule has 9 nitrogen and oxygen atoms in total. The fourth-order valence-electron chi connectivity index (χ4n) is 3.70. The fourth-order valence-corrected chi connectivity index (χ4v) is 3.70. The van der Waals surface area contributed by atoms with E-state index in [2.05, 4.69) is 20.2 Å². The maximum absolute atomic E-state index is 11.9. The second-order valence-corrected chi connectivity index (χ2v) is 6.99. The maximum atomic E-state index is 11.9. The van der Waals surface area contributed by atoms with Crippen molar-refractivity contribution in [3.05, 3.63) is 24.2 Å². The van der Waals surface area contributed by atoms with Gasteiger partial charge in [0.15, 0.2) is 0 Å². The predicted octanol–water partition coefficient (Wildman–Crippen LogP) is 2.78. The standard InChI is InChI=1S/C19H24N6O3/c1-3-28-18(26)14-9-20-25(12-14)19-22-15-10-21-24(16(15)17(23-19)27-2)11-13-7-5-4-6-8-13/h9-10,12-13H,3-8,11H2,1-2H3. The van der Waals surface area contributed by atoms with Gasteiger partial charge in [-0.15, -0.1) is 0 Å². The highest BCUT2D eigenvalue weighted by Gasteiger charge is 2.20. The van der Waals surface area contributed by atoms with Crippen molar-refractivity contribution in [1.29, 1.82) is 0 Å². The van der Waals surface area contributed by atoms with Crippen molar-refractivity contribution >= 4 is 17.0 Å². The van der Waals surface area contributed by atoms with Crippen LogP contribution in [0.5, 0.6) is 5.88 Å². The zero-order valence-corrected chi connectivity index (χ0v) is 16.2. The van der Waals surface area contributed by atoms with E-state index in [1.165, 1.54) is 43.0 Å². The van der Waals surface area contributed by atoms with Crippen LogP contribution in [0.3, 0.4) is 0 Å². The third kappa shape index (κ3) is 3.56. The molecule has 9 heteroatoms. The first kappa shape index (κ1) is 18.4. The van der Waals surface area contributed by atoms with E-state index in [9.17, 15) is 4.79 Å². The number of carbonyl (C=O) groups excluding carboxylic acids is 1. The van der Waals surface area contributed by atoms with Crippen LogP contribution in [0.2, 0.25) is 0 Å². The molecule has 0 bridgehead atoms. The lowest BCUT2D eigenvalue weighted by Gasteiger charge is -2.21. The molecule has 3 aromatic rings. The van der Waals surface area contributed by atoms with Crippen molar-refractivity contribution in [2.24, 2.45) is 5.92 Å². The zero-order chi connectivity index (χ0) is 19.5. The van der Waals surface area contributed by atoms with Gasteiger partial charge in [-0.1, -0.05) is 19.3 Å². The third-order valence-corrected chi connectivity index (χ3v) is 5.09. The molecule has 0 spiro atoms. The molecule has 0 aliphatic heterocycles. The molecule has 28 heavy (non-hydrogen) atoms. The summed E-state index contributed by atoms with van der Waals surface area (Å²) in [5, 5.41) is 8.70. The molecule has 3 heterocycles. The van der Waals surface area contributed by atoms with Gasteiger partial charge in [-0.2, -0.15) is 15.2 Å². The molecule has 0 amide bonds. The van der Waals surface area contributed by atoms with Crippen LogP contribution in [0, 0.1) is 5.92 Å². The molecule has 0 N–H and O–H groups in total. The summed E-state index contributed by atoms with van der Waals surface area (Å²) in [6.07, 6.45) is 11.0. The Hall–Kier alpha value is -2.97. The molecular formula is C19H24N6O3. The number of aromatic nitrogens is 6. The van der Waals surface area contributed by atoms with E-state index in [1.54, 1.807) is 26.4 Å².